The molecule has 0 bridgehead atoms. The molecule has 1 rings (SSSR count). The lowest BCUT2D eigenvalue weighted by Crippen LogP contribution is -2.56. The van der Waals surface area contributed by atoms with Crippen LogP contribution in [0.1, 0.15) is 26.2 Å². The Kier molecular flexibility index (Phi) is 4.89. The topological polar surface area (TPSA) is 55.6 Å². The highest BCUT2D eigenvalue weighted by Gasteiger charge is 2.51. The predicted molar refractivity (Wildman–Crippen MR) is 71.7 cm³/mol. The van der Waals surface area contributed by atoms with Gasteiger partial charge in [0.25, 0.3) is 0 Å². The lowest BCUT2D eigenvalue weighted by atomic mass is 9.61. The van der Waals surface area contributed by atoms with Gasteiger partial charge < -0.3 is 15.4 Å². The number of methoxy groups -OCH3 is 1. The molecule has 17 heavy (non-hydrogen) atoms. The van der Waals surface area contributed by atoms with E-state index in [1.807, 2.05) is 0 Å². The van der Waals surface area contributed by atoms with Crippen molar-refractivity contribution in [1.82, 2.24) is 4.90 Å². The normalized spacial score (nSPS) is 27.4. The van der Waals surface area contributed by atoms with Gasteiger partial charge >= 0.3 is 0 Å². The van der Waals surface area contributed by atoms with Crippen molar-refractivity contribution >= 4 is 23.1 Å². The first-order valence-electron chi connectivity index (χ1n) is 5.98. The average Bonchev–Trinajstić information content (AvgIpc) is 2.23. The Morgan fingerprint density at radius 3 is 2.59 bits per heavy atom. The van der Waals surface area contributed by atoms with Crippen molar-refractivity contribution in [2.45, 2.75) is 26.2 Å². The molecule has 0 saturated heterocycles. The zero-order chi connectivity index (χ0) is 13.1. The molecular weight excluding hydrogens is 236 g/mol. The summed E-state index contributed by atoms with van der Waals surface area (Å²) < 4.78 is 4.97. The molecule has 5 heteroatoms. The van der Waals surface area contributed by atoms with Crippen LogP contribution < -0.4 is 5.73 Å². The summed E-state index contributed by atoms with van der Waals surface area (Å²) in [6.45, 7) is 3.47. The molecule has 0 aromatic heterocycles. The van der Waals surface area contributed by atoms with Crippen LogP contribution in [-0.2, 0) is 9.53 Å². The quantitative estimate of drug-likeness (QED) is 0.574. The summed E-state index contributed by atoms with van der Waals surface area (Å²) in [5, 5.41) is 0. The van der Waals surface area contributed by atoms with Gasteiger partial charge in [0, 0.05) is 27.3 Å². The first-order valence-corrected chi connectivity index (χ1v) is 6.39. The Hall–Kier alpha value is -0.680. The van der Waals surface area contributed by atoms with Crippen molar-refractivity contribution in [3.63, 3.8) is 0 Å². The molecule has 0 heterocycles. The number of nitrogens with zero attached hydrogens (tertiary/aromatic N) is 1. The molecule has 1 aliphatic rings. The van der Waals surface area contributed by atoms with Crippen LogP contribution in [0.25, 0.3) is 0 Å². The van der Waals surface area contributed by atoms with Gasteiger partial charge in [-0.2, -0.15) is 0 Å². The van der Waals surface area contributed by atoms with Gasteiger partial charge in [0.15, 0.2) is 0 Å². The molecule has 0 radical (unpaired) electrons. The largest absolute Gasteiger partial charge is 0.392 e. The first-order chi connectivity index (χ1) is 7.94. The highest BCUT2D eigenvalue weighted by Crippen LogP contribution is 2.46. The fourth-order valence-electron chi connectivity index (χ4n) is 2.52. The minimum Gasteiger partial charge on any atom is -0.392 e. The van der Waals surface area contributed by atoms with E-state index in [2.05, 4.69) is 6.92 Å². The standard InChI is InChI=1S/C12H22N2O2S/c1-9-7-12(8-9,10(13)17)11(15)14(2)5-4-6-16-3/h9H,4-8H2,1-3H3,(H2,13,17). The summed E-state index contributed by atoms with van der Waals surface area (Å²) in [5.41, 5.74) is 5.17. The van der Waals surface area contributed by atoms with Crippen LogP contribution in [0, 0.1) is 11.3 Å². The number of hydrogen-bond donors (Lipinski definition) is 1. The van der Waals surface area contributed by atoms with E-state index in [1.165, 1.54) is 0 Å². The Morgan fingerprint density at radius 1 is 1.59 bits per heavy atom. The molecule has 0 aromatic carbocycles. The molecule has 0 spiro atoms. The van der Waals surface area contributed by atoms with Crippen molar-refractivity contribution in [3.8, 4) is 0 Å². The van der Waals surface area contributed by atoms with Crippen molar-refractivity contribution in [2.75, 3.05) is 27.3 Å². The van der Waals surface area contributed by atoms with E-state index in [9.17, 15) is 4.79 Å². The maximum absolute atomic E-state index is 12.3. The van der Waals surface area contributed by atoms with E-state index in [-0.39, 0.29) is 5.91 Å². The predicted octanol–water partition coefficient (Wildman–Crippen LogP) is 1.18. The number of carbonyl (C=O) groups is 1. The number of hydrogen-bond acceptors (Lipinski definition) is 3. The van der Waals surface area contributed by atoms with Crippen LogP contribution in [-0.4, -0.2) is 43.1 Å². The number of thiocarbonyl (C=S) groups is 1. The summed E-state index contributed by atoms with van der Waals surface area (Å²) in [6.07, 6.45) is 2.41. The smallest absolute Gasteiger partial charge is 0.235 e. The van der Waals surface area contributed by atoms with E-state index >= 15 is 0 Å². The lowest BCUT2D eigenvalue weighted by molar-refractivity contribution is -0.142. The molecule has 0 aromatic rings. The monoisotopic (exact) mass is 258 g/mol. The first kappa shape index (κ1) is 14.4. The Bertz CT molecular complexity index is 301. The zero-order valence-corrected chi connectivity index (χ0v) is 11.7. The SMILES string of the molecule is COCCCN(C)C(=O)C1(C(N)=S)CC(C)C1. The highest BCUT2D eigenvalue weighted by molar-refractivity contribution is 7.80. The molecule has 2 N–H and O–H groups in total. The third-order valence-electron chi connectivity index (χ3n) is 3.46. The lowest BCUT2D eigenvalue weighted by Gasteiger charge is -2.46. The van der Waals surface area contributed by atoms with Gasteiger partial charge in [-0.25, -0.2) is 0 Å². The van der Waals surface area contributed by atoms with E-state index < -0.39 is 5.41 Å². The second-order valence-electron chi connectivity index (χ2n) is 5.03. The molecule has 0 unspecified atom stereocenters. The van der Waals surface area contributed by atoms with Gasteiger partial charge in [0.2, 0.25) is 5.91 Å². The molecule has 0 atom stereocenters. The number of amides is 1. The van der Waals surface area contributed by atoms with E-state index in [0.29, 0.717) is 24.1 Å². The number of carbonyl (C=O) groups excluding carboxylic acids is 1. The van der Waals surface area contributed by atoms with Crippen LogP contribution in [0.4, 0.5) is 0 Å². The molecular formula is C12H22N2O2S. The van der Waals surface area contributed by atoms with E-state index in [4.69, 9.17) is 22.7 Å². The highest BCUT2D eigenvalue weighted by atomic mass is 32.1. The summed E-state index contributed by atoms with van der Waals surface area (Å²) in [4.78, 5) is 14.4. The maximum Gasteiger partial charge on any atom is 0.235 e. The molecule has 1 fully saturated rings. The Labute approximate surface area is 108 Å². The molecule has 0 aliphatic heterocycles. The molecule has 4 nitrogen and oxygen atoms in total. The summed E-state index contributed by atoms with van der Waals surface area (Å²) in [5.74, 6) is 0.604. The van der Waals surface area contributed by atoms with Crippen molar-refractivity contribution in [1.29, 1.82) is 0 Å². The van der Waals surface area contributed by atoms with Crippen molar-refractivity contribution < 1.29 is 9.53 Å². The summed E-state index contributed by atoms with van der Waals surface area (Å²) in [7, 11) is 3.47. The van der Waals surface area contributed by atoms with Gasteiger partial charge in [0.1, 0.15) is 0 Å². The van der Waals surface area contributed by atoms with Gasteiger partial charge in [-0.3, -0.25) is 4.79 Å². The minimum absolute atomic E-state index is 0.0687. The zero-order valence-electron chi connectivity index (χ0n) is 10.9. The minimum atomic E-state index is -0.573. The second-order valence-corrected chi connectivity index (χ2v) is 5.47. The van der Waals surface area contributed by atoms with Crippen molar-refractivity contribution in [2.24, 2.45) is 17.1 Å². The fourth-order valence-corrected chi connectivity index (χ4v) is 2.78. The molecule has 1 aliphatic carbocycles. The Balaban J connectivity index is 2.57. The van der Waals surface area contributed by atoms with Gasteiger partial charge in [-0.05, 0) is 25.2 Å². The maximum atomic E-state index is 12.3. The van der Waals surface area contributed by atoms with Gasteiger partial charge in [0.05, 0.1) is 10.4 Å². The molecule has 1 amide bonds. The molecule has 1 saturated carbocycles. The summed E-state index contributed by atoms with van der Waals surface area (Å²) in [6, 6.07) is 0. The molecule has 98 valence electrons. The number of ether oxygens (including phenoxy) is 1. The number of rotatable bonds is 6. The second kappa shape index (κ2) is 5.78. The van der Waals surface area contributed by atoms with Gasteiger partial charge in [-0.15, -0.1) is 0 Å². The van der Waals surface area contributed by atoms with Crippen LogP contribution >= 0.6 is 12.2 Å². The third kappa shape index (κ3) is 2.96. The van der Waals surface area contributed by atoms with Crippen LogP contribution in [0.15, 0.2) is 0 Å². The van der Waals surface area contributed by atoms with E-state index in [1.54, 1.807) is 19.1 Å². The van der Waals surface area contributed by atoms with Gasteiger partial charge in [-0.1, -0.05) is 19.1 Å². The average molecular weight is 258 g/mol. The van der Waals surface area contributed by atoms with E-state index in [0.717, 1.165) is 19.3 Å². The Morgan fingerprint density at radius 2 is 2.18 bits per heavy atom. The van der Waals surface area contributed by atoms with Crippen LogP contribution in [0.5, 0.6) is 0 Å². The third-order valence-corrected chi connectivity index (χ3v) is 3.85. The summed E-state index contributed by atoms with van der Waals surface area (Å²) >= 11 is 5.07. The fraction of sp³-hybridized carbons (Fsp3) is 0.833. The van der Waals surface area contributed by atoms with Crippen LogP contribution in [0.3, 0.4) is 0 Å². The van der Waals surface area contributed by atoms with Crippen LogP contribution in [0.2, 0.25) is 0 Å². The number of nitrogens with two attached hydrogens (primary N) is 1. The van der Waals surface area contributed by atoms with Crippen molar-refractivity contribution in [3.05, 3.63) is 0 Å².